The van der Waals surface area contributed by atoms with Crippen LogP contribution >= 0.6 is 11.6 Å². The summed E-state index contributed by atoms with van der Waals surface area (Å²) in [5, 5.41) is 3.70. The molecule has 1 unspecified atom stereocenters. The quantitative estimate of drug-likeness (QED) is 0.752. The topological polar surface area (TPSA) is 38.9 Å². The molecule has 0 saturated heterocycles. The lowest BCUT2D eigenvalue weighted by Crippen LogP contribution is -2.07. The van der Waals surface area contributed by atoms with Gasteiger partial charge >= 0.3 is 0 Å². The van der Waals surface area contributed by atoms with Crippen LogP contribution in [-0.4, -0.2) is 10.1 Å². The molecule has 1 aliphatic rings. The van der Waals surface area contributed by atoms with Crippen LogP contribution < -0.4 is 0 Å². The Balaban J connectivity index is 1.79. The van der Waals surface area contributed by atoms with Crippen molar-refractivity contribution >= 4 is 11.6 Å². The lowest BCUT2D eigenvalue weighted by Gasteiger charge is -2.20. The molecule has 0 bridgehead atoms. The molecule has 16 heavy (non-hydrogen) atoms. The van der Waals surface area contributed by atoms with E-state index < -0.39 is 0 Å². The minimum atomic E-state index is -0.160. The van der Waals surface area contributed by atoms with E-state index in [1.807, 2.05) is 6.92 Å². The Hall–Kier alpha value is -0.570. The monoisotopic (exact) mass is 242 g/mol. The van der Waals surface area contributed by atoms with Gasteiger partial charge in [0.1, 0.15) is 0 Å². The van der Waals surface area contributed by atoms with Crippen molar-refractivity contribution in [3.63, 3.8) is 0 Å². The summed E-state index contributed by atoms with van der Waals surface area (Å²) in [7, 11) is 0. The third-order valence-corrected chi connectivity index (χ3v) is 3.53. The number of hydrogen-bond donors (Lipinski definition) is 0. The molecule has 0 aliphatic heterocycles. The van der Waals surface area contributed by atoms with E-state index in [0.717, 1.165) is 18.2 Å². The highest BCUT2D eigenvalue weighted by molar-refractivity contribution is 6.20. The van der Waals surface area contributed by atoms with Crippen LogP contribution in [0.4, 0.5) is 0 Å². The SMILES string of the molecule is CC(Cl)c1noc(CCC2CCCCC2)n1. The molecule has 1 saturated carbocycles. The molecule has 4 heteroatoms. The first-order valence-electron chi connectivity index (χ1n) is 6.22. The van der Waals surface area contributed by atoms with Gasteiger partial charge in [0.15, 0.2) is 5.82 Å². The van der Waals surface area contributed by atoms with Crippen molar-refractivity contribution in [2.75, 3.05) is 0 Å². The Bertz CT molecular complexity index is 319. The predicted octanol–water partition coefficient (Wildman–Crippen LogP) is 3.88. The van der Waals surface area contributed by atoms with E-state index in [1.54, 1.807) is 0 Å². The number of halogens is 1. The molecule has 1 aliphatic carbocycles. The van der Waals surface area contributed by atoms with E-state index >= 15 is 0 Å². The second kappa shape index (κ2) is 5.67. The molecular weight excluding hydrogens is 224 g/mol. The largest absolute Gasteiger partial charge is 0.339 e. The molecule has 0 amide bonds. The Morgan fingerprint density at radius 3 is 2.75 bits per heavy atom. The molecule has 2 rings (SSSR count). The van der Waals surface area contributed by atoms with E-state index in [1.165, 1.54) is 38.5 Å². The van der Waals surface area contributed by atoms with Crippen molar-refractivity contribution in [1.29, 1.82) is 0 Å². The highest BCUT2D eigenvalue weighted by atomic mass is 35.5. The zero-order valence-electron chi connectivity index (χ0n) is 9.79. The maximum absolute atomic E-state index is 5.88. The number of hydrogen-bond acceptors (Lipinski definition) is 3. The second-order valence-electron chi connectivity index (χ2n) is 4.71. The molecule has 90 valence electrons. The van der Waals surface area contributed by atoms with Crippen molar-refractivity contribution in [2.45, 2.75) is 57.2 Å². The van der Waals surface area contributed by atoms with Gasteiger partial charge < -0.3 is 4.52 Å². The number of rotatable bonds is 4. The molecule has 1 atom stereocenters. The summed E-state index contributed by atoms with van der Waals surface area (Å²) in [6.07, 6.45) is 9.00. The van der Waals surface area contributed by atoms with Crippen molar-refractivity contribution in [1.82, 2.24) is 10.1 Å². The van der Waals surface area contributed by atoms with E-state index in [-0.39, 0.29) is 5.38 Å². The second-order valence-corrected chi connectivity index (χ2v) is 5.36. The summed E-state index contributed by atoms with van der Waals surface area (Å²) in [5.74, 6) is 2.21. The normalized spacial score (nSPS) is 19.9. The maximum atomic E-state index is 5.88. The van der Waals surface area contributed by atoms with Gasteiger partial charge in [0, 0.05) is 6.42 Å². The first-order valence-corrected chi connectivity index (χ1v) is 6.66. The average Bonchev–Trinajstić information content (AvgIpc) is 2.76. The van der Waals surface area contributed by atoms with Crippen molar-refractivity contribution in [3.05, 3.63) is 11.7 Å². The fraction of sp³-hybridized carbons (Fsp3) is 0.833. The minimum Gasteiger partial charge on any atom is -0.339 e. The van der Waals surface area contributed by atoms with E-state index in [0.29, 0.717) is 5.82 Å². The molecule has 1 heterocycles. The van der Waals surface area contributed by atoms with Gasteiger partial charge in [0.25, 0.3) is 0 Å². The van der Waals surface area contributed by atoms with Gasteiger partial charge in [-0.25, -0.2) is 0 Å². The predicted molar refractivity (Wildman–Crippen MR) is 63.5 cm³/mol. The summed E-state index contributed by atoms with van der Waals surface area (Å²) in [4.78, 5) is 4.28. The smallest absolute Gasteiger partial charge is 0.226 e. The molecule has 0 radical (unpaired) electrons. The van der Waals surface area contributed by atoms with Gasteiger partial charge in [-0.1, -0.05) is 37.3 Å². The van der Waals surface area contributed by atoms with Crippen LogP contribution in [0.5, 0.6) is 0 Å². The van der Waals surface area contributed by atoms with Crippen LogP contribution in [-0.2, 0) is 6.42 Å². The molecule has 3 nitrogen and oxygen atoms in total. The van der Waals surface area contributed by atoms with Crippen LogP contribution in [0.25, 0.3) is 0 Å². The maximum Gasteiger partial charge on any atom is 0.226 e. The first kappa shape index (κ1) is 11.9. The first-order chi connectivity index (χ1) is 7.75. The molecule has 1 fully saturated rings. The van der Waals surface area contributed by atoms with Gasteiger partial charge in [0.2, 0.25) is 5.89 Å². The van der Waals surface area contributed by atoms with Gasteiger partial charge in [-0.2, -0.15) is 4.98 Å². The van der Waals surface area contributed by atoms with Gasteiger partial charge in [0.05, 0.1) is 5.38 Å². The third-order valence-electron chi connectivity index (χ3n) is 3.33. The van der Waals surface area contributed by atoms with Crippen LogP contribution in [0, 0.1) is 5.92 Å². The van der Waals surface area contributed by atoms with E-state index in [4.69, 9.17) is 16.1 Å². The Morgan fingerprint density at radius 2 is 2.12 bits per heavy atom. The van der Waals surface area contributed by atoms with Gasteiger partial charge in [-0.05, 0) is 19.3 Å². The average molecular weight is 243 g/mol. The Kier molecular flexibility index (Phi) is 4.22. The lowest BCUT2D eigenvalue weighted by atomic mass is 9.86. The molecule has 0 spiro atoms. The van der Waals surface area contributed by atoms with Crippen LogP contribution in [0.15, 0.2) is 4.52 Å². The zero-order valence-corrected chi connectivity index (χ0v) is 10.5. The van der Waals surface area contributed by atoms with Gasteiger partial charge in [-0.15, -0.1) is 11.6 Å². The van der Waals surface area contributed by atoms with Crippen molar-refractivity contribution < 1.29 is 4.52 Å². The number of aromatic nitrogens is 2. The summed E-state index contributed by atoms with van der Waals surface area (Å²) in [6, 6.07) is 0. The summed E-state index contributed by atoms with van der Waals surface area (Å²) >= 11 is 5.88. The minimum absolute atomic E-state index is 0.160. The van der Waals surface area contributed by atoms with Gasteiger partial charge in [-0.3, -0.25) is 0 Å². The molecule has 0 aromatic carbocycles. The standard InChI is InChI=1S/C12H19ClN2O/c1-9(13)12-14-11(16-15-12)8-7-10-5-3-2-4-6-10/h9-10H,2-8H2,1H3. The van der Waals surface area contributed by atoms with Crippen molar-refractivity contribution in [2.24, 2.45) is 5.92 Å². The Labute approximate surface area is 102 Å². The third kappa shape index (κ3) is 3.21. The number of nitrogens with zero attached hydrogens (tertiary/aromatic N) is 2. The lowest BCUT2D eigenvalue weighted by molar-refractivity contribution is 0.314. The van der Waals surface area contributed by atoms with Crippen molar-refractivity contribution in [3.8, 4) is 0 Å². The summed E-state index contributed by atoms with van der Waals surface area (Å²) in [5.41, 5.74) is 0. The molecular formula is C12H19ClN2O. The summed E-state index contributed by atoms with van der Waals surface area (Å²) < 4.78 is 5.17. The molecule has 1 aromatic heterocycles. The van der Waals surface area contributed by atoms with Crippen LogP contribution in [0.3, 0.4) is 0 Å². The molecule has 0 N–H and O–H groups in total. The highest BCUT2D eigenvalue weighted by Gasteiger charge is 2.16. The fourth-order valence-electron chi connectivity index (χ4n) is 2.33. The Morgan fingerprint density at radius 1 is 1.38 bits per heavy atom. The number of aryl methyl sites for hydroxylation is 1. The van der Waals surface area contributed by atoms with Crippen LogP contribution in [0.2, 0.25) is 0 Å². The molecule has 1 aromatic rings. The number of alkyl halides is 1. The zero-order chi connectivity index (χ0) is 11.4. The van der Waals surface area contributed by atoms with Crippen LogP contribution in [0.1, 0.15) is 62.5 Å². The summed E-state index contributed by atoms with van der Waals surface area (Å²) in [6.45, 7) is 1.86. The fourth-order valence-corrected chi connectivity index (χ4v) is 2.42. The highest BCUT2D eigenvalue weighted by Crippen LogP contribution is 2.27. The van der Waals surface area contributed by atoms with E-state index in [2.05, 4.69) is 10.1 Å². The van der Waals surface area contributed by atoms with E-state index in [9.17, 15) is 0 Å².